The van der Waals surface area contributed by atoms with Crippen LogP contribution in [0.5, 0.6) is 0 Å². The number of nitrogens with zero attached hydrogens (tertiary/aromatic N) is 1. The summed E-state index contributed by atoms with van der Waals surface area (Å²) in [6.45, 7) is 2.70. The quantitative estimate of drug-likeness (QED) is 0.700. The van der Waals surface area contributed by atoms with Gasteiger partial charge in [0.2, 0.25) is 0 Å². The number of urea groups is 1. The fourth-order valence-corrected chi connectivity index (χ4v) is 3.41. The standard InChI is InChI=1S/C21H25N3O3/c1-2-24(14-20(25)26)19-12-18(13-19)23-21(27)22-17-10-8-16(9-11-17)15-6-4-3-5-7-15/h3-11,18-19H,2,12-14H2,1H3,(H,25,26)(H2,22,23,27). The minimum Gasteiger partial charge on any atom is -0.480 e. The molecule has 2 amide bonds. The molecule has 2 aromatic rings. The number of anilines is 1. The Morgan fingerprint density at radius 2 is 1.67 bits per heavy atom. The van der Waals surface area contributed by atoms with Crippen LogP contribution in [0.3, 0.4) is 0 Å². The second kappa shape index (κ2) is 8.68. The van der Waals surface area contributed by atoms with Crippen molar-refractivity contribution in [2.24, 2.45) is 0 Å². The fourth-order valence-electron chi connectivity index (χ4n) is 3.41. The van der Waals surface area contributed by atoms with Crippen molar-refractivity contribution in [1.29, 1.82) is 0 Å². The highest BCUT2D eigenvalue weighted by atomic mass is 16.4. The normalized spacial score (nSPS) is 18.6. The van der Waals surface area contributed by atoms with Crippen molar-refractivity contribution in [3.63, 3.8) is 0 Å². The van der Waals surface area contributed by atoms with Crippen molar-refractivity contribution in [3.8, 4) is 11.1 Å². The van der Waals surface area contributed by atoms with Crippen LogP contribution >= 0.6 is 0 Å². The Kier molecular flexibility index (Phi) is 6.08. The van der Waals surface area contributed by atoms with E-state index in [-0.39, 0.29) is 24.7 Å². The Bertz CT molecular complexity index is 771. The molecule has 142 valence electrons. The molecular weight excluding hydrogens is 342 g/mol. The summed E-state index contributed by atoms with van der Waals surface area (Å²) in [4.78, 5) is 25.0. The van der Waals surface area contributed by atoms with Gasteiger partial charge in [-0.15, -0.1) is 0 Å². The van der Waals surface area contributed by atoms with Crippen LogP contribution in [0.15, 0.2) is 54.6 Å². The lowest BCUT2D eigenvalue weighted by molar-refractivity contribution is -0.139. The lowest BCUT2D eigenvalue weighted by Crippen LogP contribution is -2.55. The van der Waals surface area contributed by atoms with Gasteiger partial charge in [-0.2, -0.15) is 0 Å². The molecule has 27 heavy (non-hydrogen) atoms. The summed E-state index contributed by atoms with van der Waals surface area (Å²) in [5.41, 5.74) is 2.97. The second-order valence-corrected chi connectivity index (χ2v) is 6.82. The van der Waals surface area contributed by atoms with Crippen LogP contribution in [0.4, 0.5) is 10.5 Å². The maximum atomic E-state index is 12.2. The van der Waals surface area contributed by atoms with Gasteiger partial charge in [-0.05, 0) is 42.6 Å². The molecule has 0 bridgehead atoms. The van der Waals surface area contributed by atoms with E-state index in [0.29, 0.717) is 6.54 Å². The zero-order valence-corrected chi connectivity index (χ0v) is 15.4. The molecule has 0 spiro atoms. The van der Waals surface area contributed by atoms with E-state index in [4.69, 9.17) is 5.11 Å². The predicted octanol–water partition coefficient (Wildman–Crippen LogP) is 3.41. The largest absolute Gasteiger partial charge is 0.480 e. The van der Waals surface area contributed by atoms with Gasteiger partial charge >= 0.3 is 12.0 Å². The fraction of sp³-hybridized carbons (Fsp3) is 0.333. The molecule has 0 atom stereocenters. The van der Waals surface area contributed by atoms with Gasteiger partial charge in [0.25, 0.3) is 0 Å². The van der Waals surface area contributed by atoms with E-state index in [9.17, 15) is 9.59 Å². The van der Waals surface area contributed by atoms with E-state index >= 15 is 0 Å². The first-order valence-corrected chi connectivity index (χ1v) is 9.24. The maximum Gasteiger partial charge on any atom is 0.319 e. The number of nitrogens with one attached hydrogen (secondary N) is 2. The number of carboxylic acid groups (broad SMARTS) is 1. The van der Waals surface area contributed by atoms with Gasteiger partial charge in [-0.3, -0.25) is 9.69 Å². The molecule has 2 aromatic carbocycles. The smallest absolute Gasteiger partial charge is 0.319 e. The Morgan fingerprint density at radius 3 is 2.26 bits per heavy atom. The molecule has 1 fully saturated rings. The molecule has 0 aromatic heterocycles. The van der Waals surface area contributed by atoms with Crippen molar-refractivity contribution in [1.82, 2.24) is 10.2 Å². The molecule has 1 aliphatic rings. The highest BCUT2D eigenvalue weighted by Crippen LogP contribution is 2.26. The van der Waals surface area contributed by atoms with Crippen molar-refractivity contribution < 1.29 is 14.7 Å². The SMILES string of the molecule is CCN(CC(=O)O)C1CC(NC(=O)Nc2ccc(-c3ccccc3)cc2)C1. The third-order valence-corrected chi connectivity index (χ3v) is 4.96. The highest BCUT2D eigenvalue weighted by molar-refractivity contribution is 5.89. The van der Waals surface area contributed by atoms with E-state index in [2.05, 4.69) is 10.6 Å². The van der Waals surface area contributed by atoms with Gasteiger partial charge in [0.15, 0.2) is 0 Å². The number of rotatable bonds is 7. The van der Waals surface area contributed by atoms with Crippen molar-refractivity contribution in [2.75, 3.05) is 18.4 Å². The van der Waals surface area contributed by atoms with Crippen molar-refractivity contribution in [3.05, 3.63) is 54.6 Å². The number of benzene rings is 2. The number of carboxylic acids is 1. The van der Waals surface area contributed by atoms with Crippen LogP contribution < -0.4 is 10.6 Å². The van der Waals surface area contributed by atoms with E-state index in [1.165, 1.54) is 0 Å². The van der Waals surface area contributed by atoms with E-state index in [0.717, 1.165) is 29.7 Å². The molecule has 6 heteroatoms. The molecule has 6 nitrogen and oxygen atoms in total. The summed E-state index contributed by atoms with van der Waals surface area (Å²) in [5, 5.41) is 14.7. The summed E-state index contributed by atoms with van der Waals surface area (Å²) < 4.78 is 0. The van der Waals surface area contributed by atoms with Crippen LogP contribution in [0.25, 0.3) is 11.1 Å². The number of likely N-dealkylation sites (N-methyl/N-ethyl adjacent to an activating group) is 1. The average molecular weight is 367 g/mol. The van der Waals surface area contributed by atoms with E-state index in [1.807, 2.05) is 66.4 Å². The van der Waals surface area contributed by atoms with Crippen LogP contribution in [0.2, 0.25) is 0 Å². The van der Waals surface area contributed by atoms with Gasteiger partial charge in [-0.1, -0.05) is 49.4 Å². The summed E-state index contributed by atoms with van der Waals surface area (Å²) in [7, 11) is 0. The Morgan fingerprint density at radius 1 is 1.04 bits per heavy atom. The first-order chi connectivity index (χ1) is 13.0. The molecular formula is C21H25N3O3. The first-order valence-electron chi connectivity index (χ1n) is 9.24. The molecule has 0 radical (unpaired) electrons. The van der Waals surface area contributed by atoms with Crippen LogP contribution in [-0.4, -0.2) is 47.2 Å². The summed E-state index contributed by atoms with van der Waals surface area (Å²) in [5.74, 6) is -0.815. The van der Waals surface area contributed by atoms with Gasteiger partial charge < -0.3 is 15.7 Å². The van der Waals surface area contributed by atoms with Crippen molar-refractivity contribution in [2.45, 2.75) is 31.8 Å². The van der Waals surface area contributed by atoms with Crippen LogP contribution in [0.1, 0.15) is 19.8 Å². The third kappa shape index (κ3) is 5.08. The molecule has 1 saturated carbocycles. The minimum absolute atomic E-state index is 0.0495. The summed E-state index contributed by atoms with van der Waals surface area (Å²) in [6, 6.07) is 17.9. The second-order valence-electron chi connectivity index (χ2n) is 6.82. The minimum atomic E-state index is -0.815. The summed E-state index contributed by atoms with van der Waals surface area (Å²) in [6.07, 6.45) is 1.56. The number of hydrogen-bond donors (Lipinski definition) is 3. The zero-order chi connectivity index (χ0) is 19.2. The topological polar surface area (TPSA) is 81.7 Å². The zero-order valence-electron chi connectivity index (χ0n) is 15.4. The van der Waals surface area contributed by atoms with Crippen molar-refractivity contribution >= 4 is 17.7 Å². The maximum absolute atomic E-state index is 12.2. The van der Waals surface area contributed by atoms with Gasteiger partial charge in [-0.25, -0.2) is 4.79 Å². The van der Waals surface area contributed by atoms with Gasteiger partial charge in [0.1, 0.15) is 0 Å². The number of amides is 2. The molecule has 3 rings (SSSR count). The Balaban J connectivity index is 1.46. The van der Waals surface area contributed by atoms with E-state index in [1.54, 1.807) is 0 Å². The molecule has 3 N–H and O–H groups in total. The number of carbonyl (C=O) groups excluding carboxylic acids is 1. The molecule has 0 saturated heterocycles. The van der Waals surface area contributed by atoms with E-state index < -0.39 is 5.97 Å². The summed E-state index contributed by atoms with van der Waals surface area (Å²) >= 11 is 0. The Labute approximate surface area is 159 Å². The lowest BCUT2D eigenvalue weighted by atomic mass is 9.85. The molecule has 0 aliphatic heterocycles. The molecule has 0 heterocycles. The number of hydrogen-bond acceptors (Lipinski definition) is 3. The Hall–Kier alpha value is -2.86. The third-order valence-electron chi connectivity index (χ3n) is 4.96. The molecule has 1 aliphatic carbocycles. The van der Waals surface area contributed by atoms with Crippen LogP contribution in [0, 0.1) is 0 Å². The number of aliphatic carboxylic acids is 1. The average Bonchev–Trinajstić information content (AvgIpc) is 2.64. The molecule has 0 unspecified atom stereocenters. The predicted molar refractivity (Wildman–Crippen MR) is 106 cm³/mol. The van der Waals surface area contributed by atoms with Gasteiger partial charge in [0.05, 0.1) is 6.54 Å². The first kappa shape index (κ1) is 18.9. The lowest BCUT2D eigenvalue weighted by Gasteiger charge is -2.42. The highest BCUT2D eigenvalue weighted by Gasteiger charge is 2.34. The van der Waals surface area contributed by atoms with Crippen LogP contribution in [-0.2, 0) is 4.79 Å². The monoisotopic (exact) mass is 367 g/mol. The van der Waals surface area contributed by atoms with Gasteiger partial charge in [0, 0.05) is 17.8 Å². The number of carbonyl (C=O) groups is 2.